The van der Waals surface area contributed by atoms with E-state index in [2.05, 4.69) is 164 Å². The average Bonchev–Trinajstić information content (AvgIpc) is 3.77. The second kappa shape index (κ2) is 10.3. The van der Waals surface area contributed by atoms with Gasteiger partial charge in [-0.3, -0.25) is 0 Å². The van der Waals surface area contributed by atoms with E-state index < -0.39 is 0 Å². The Morgan fingerprint density at radius 3 is 1.38 bits per heavy atom. The highest BCUT2D eigenvalue weighted by Crippen LogP contribution is 2.47. The molecule has 0 saturated carbocycles. The van der Waals surface area contributed by atoms with Crippen LogP contribution in [-0.4, -0.2) is 0 Å². The summed E-state index contributed by atoms with van der Waals surface area (Å²) in [6.45, 7) is 0. The molecule has 0 saturated heterocycles. The van der Waals surface area contributed by atoms with Crippen molar-refractivity contribution >= 4 is 97.7 Å². The molecule has 2 heteroatoms. The predicted octanol–water partition coefficient (Wildman–Crippen LogP) is 14.6. The first-order valence-electron chi connectivity index (χ1n) is 17.8. The highest BCUT2D eigenvalue weighted by Gasteiger charge is 2.21. The van der Waals surface area contributed by atoms with Crippen molar-refractivity contribution in [2.75, 3.05) is 0 Å². The Hall–Kier alpha value is -6.90. The Morgan fingerprint density at radius 1 is 0.250 bits per heavy atom. The van der Waals surface area contributed by atoms with E-state index in [-0.39, 0.29) is 0 Å². The lowest BCUT2D eigenvalue weighted by atomic mass is 9.85. The third-order valence-electron chi connectivity index (χ3n) is 11.2. The van der Waals surface area contributed by atoms with Crippen LogP contribution in [0.3, 0.4) is 0 Å². The molecule has 0 aliphatic carbocycles. The normalized spacial score (nSPS) is 12.2. The minimum atomic E-state index is 0.893. The van der Waals surface area contributed by atoms with Crippen LogP contribution in [0.25, 0.3) is 120 Å². The quantitative estimate of drug-likeness (QED) is 0.136. The molecule has 52 heavy (non-hydrogen) atoms. The first-order valence-corrected chi connectivity index (χ1v) is 17.8. The van der Waals surface area contributed by atoms with Gasteiger partial charge >= 0.3 is 0 Å². The Kier molecular flexibility index (Phi) is 5.53. The number of furan rings is 2. The van der Waals surface area contributed by atoms with Crippen molar-refractivity contribution in [3.8, 4) is 22.3 Å². The number of hydrogen-bond acceptors (Lipinski definition) is 2. The van der Waals surface area contributed by atoms with Crippen LogP contribution < -0.4 is 0 Å². The molecule has 0 amide bonds. The van der Waals surface area contributed by atoms with Crippen molar-refractivity contribution in [1.29, 1.82) is 0 Å². The average molecular weight is 661 g/mol. The van der Waals surface area contributed by atoms with Crippen molar-refractivity contribution in [3.63, 3.8) is 0 Å². The first kappa shape index (κ1) is 27.9. The maximum Gasteiger partial charge on any atom is 0.143 e. The number of rotatable bonds is 2. The Morgan fingerprint density at radius 2 is 0.731 bits per heavy atom. The van der Waals surface area contributed by atoms with Gasteiger partial charge in [-0.05, 0) is 95.3 Å². The van der Waals surface area contributed by atoms with E-state index in [9.17, 15) is 0 Å². The van der Waals surface area contributed by atoms with Crippen molar-refractivity contribution in [1.82, 2.24) is 0 Å². The summed E-state index contributed by atoms with van der Waals surface area (Å²) in [6.07, 6.45) is 0. The van der Waals surface area contributed by atoms with E-state index in [0.717, 1.165) is 49.4 Å². The predicted molar refractivity (Wildman–Crippen MR) is 219 cm³/mol. The van der Waals surface area contributed by atoms with Crippen LogP contribution in [0.4, 0.5) is 0 Å². The molecule has 0 fully saturated rings. The fourth-order valence-electron chi connectivity index (χ4n) is 9.00. The van der Waals surface area contributed by atoms with Gasteiger partial charge in [-0.25, -0.2) is 0 Å². The topological polar surface area (TPSA) is 26.3 Å². The maximum absolute atomic E-state index is 6.62. The van der Waals surface area contributed by atoms with Crippen molar-refractivity contribution in [2.24, 2.45) is 0 Å². The van der Waals surface area contributed by atoms with Crippen molar-refractivity contribution < 1.29 is 8.83 Å². The van der Waals surface area contributed by atoms with Gasteiger partial charge in [-0.1, -0.05) is 140 Å². The second-order valence-electron chi connectivity index (χ2n) is 13.9. The van der Waals surface area contributed by atoms with Crippen molar-refractivity contribution in [2.45, 2.75) is 0 Å². The largest absolute Gasteiger partial charge is 0.456 e. The molecule has 240 valence electrons. The molecule has 0 radical (unpaired) electrons. The molecule has 12 aromatic rings. The zero-order valence-corrected chi connectivity index (χ0v) is 28.0. The summed E-state index contributed by atoms with van der Waals surface area (Å²) in [7, 11) is 0. The van der Waals surface area contributed by atoms with Gasteiger partial charge in [0, 0.05) is 32.7 Å². The summed E-state index contributed by atoms with van der Waals surface area (Å²) in [5.41, 5.74) is 8.32. The summed E-state index contributed by atoms with van der Waals surface area (Å²) in [6, 6.07) is 61.3. The summed E-state index contributed by atoms with van der Waals surface area (Å²) >= 11 is 0. The van der Waals surface area contributed by atoms with Gasteiger partial charge in [0.2, 0.25) is 0 Å². The van der Waals surface area contributed by atoms with E-state index in [1.165, 1.54) is 70.6 Å². The van der Waals surface area contributed by atoms with Crippen LogP contribution in [0.2, 0.25) is 0 Å². The molecule has 0 aliphatic rings. The molecule has 2 nitrogen and oxygen atoms in total. The van der Waals surface area contributed by atoms with E-state index in [4.69, 9.17) is 8.83 Å². The number of fused-ring (bicyclic) bond motifs is 14. The Labute approximate surface area is 297 Å². The van der Waals surface area contributed by atoms with Gasteiger partial charge < -0.3 is 8.83 Å². The van der Waals surface area contributed by atoms with Crippen LogP contribution in [0.5, 0.6) is 0 Å². The molecule has 12 rings (SSSR count). The molecule has 2 aromatic heterocycles. The standard InChI is InChI=1S/C50H28O2/c1-3-14-32-30(12-1)31-13-2-4-15-33(31)42-28-47-44(27-41(32)42)43-26-29(24-25-46(43)51-47)48-35-17-5-7-19-37(35)49(38-20-8-6-18-36(38)48)40-22-11-21-39-34-16-9-10-23-45(34)52-50(39)40/h1-28H. The van der Waals surface area contributed by atoms with Gasteiger partial charge in [-0.2, -0.15) is 0 Å². The van der Waals surface area contributed by atoms with Crippen LogP contribution >= 0.6 is 0 Å². The second-order valence-corrected chi connectivity index (χ2v) is 13.9. The summed E-state index contributed by atoms with van der Waals surface area (Å²) < 4.78 is 13.2. The molecular weight excluding hydrogens is 633 g/mol. The molecule has 0 aliphatic heterocycles. The number of benzene rings is 10. The molecular formula is C50H28O2. The SMILES string of the molecule is c1ccc2c(c1)oc1c(-c3c4ccccc4c(-c4ccc5oc6cc7c8ccccc8c8ccccc8c7cc6c5c4)c4ccccc34)cccc12. The third-order valence-corrected chi connectivity index (χ3v) is 11.2. The van der Waals surface area contributed by atoms with Crippen LogP contribution in [0.15, 0.2) is 179 Å². The molecule has 0 bridgehead atoms. The lowest BCUT2D eigenvalue weighted by Gasteiger charge is -2.18. The molecule has 0 atom stereocenters. The summed E-state index contributed by atoms with van der Waals surface area (Å²) in [5.74, 6) is 0. The Balaban J connectivity index is 1.15. The fraction of sp³-hybridized carbons (Fsp3) is 0. The van der Waals surface area contributed by atoms with Crippen LogP contribution in [0, 0.1) is 0 Å². The van der Waals surface area contributed by atoms with E-state index in [1.54, 1.807) is 0 Å². The Bertz CT molecular complexity index is 3410. The van der Waals surface area contributed by atoms with Gasteiger partial charge in [0.15, 0.2) is 0 Å². The van der Waals surface area contributed by atoms with Crippen LogP contribution in [-0.2, 0) is 0 Å². The van der Waals surface area contributed by atoms with Gasteiger partial charge in [-0.15, -0.1) is 0 Å². The van der Waals surface area contributed by atoms with Crippen molar-refractivity contribution in [3.05, 3.63) is 170 Å². The highest BCUT2D eigenvalue weighted by atomic mass is 16.3. The lowest BCUT2D eigenvalue weighted by Crippen LogP contribution is -1.91. The molecule has 0 spiro atoms. The molecule has 10 aromatic carbocycles. The minimum absolute atomic E-state index is 0.893. The molecule has 0 unspecified atom stereocenters. The smallest absolute Gasteiger partial charge is 0.143 e. The van der Waals surface area contributed by atoms with E-state index >= 15 is 0 Å². The van der Waals surface area contributed by atoms with E-state index in [1.807, 2.05) is 6.07 Å². The summed E-state index contributed by atoms with van der Waals surface area (Å²) in [4.78, 5) is 0. The number of hydrogen-bond donors (Lipinski definition) is 0. The minimum Gasteiger partial charge on any atom is -0.456 e. The van der Waals surface area contributed by atoms with Crippen LogP contribution in [0.1, 0.15) is 0 Å². The fourth-order valence-corrected chi connectivity index (χ4v) is 9.00. The monoisotopic (exact) mass is 660 g/mol. The zero-order valence-electron chi connectivity index (χ0n) is 28.0. The third kappa shape index (κ3) is 3.73. The molecule has 0 N–H and O–H groups in total. The first-order chi connectivity index (χ1) is 25.8. The zero-order chi connectivity index (χ0) is 33.9. The maximum atomic E-state index is 6.62. The number of para-hydroxylation sites is 2. The van der Waals surface area contributed by atoms with Gasteiger partial charge in [0.05, 0.1) is 0 Å². The summed E-state index contributed by atoms with van der Waals surface area (Å²) in [5, 5.41) is 16.8. The van der Waals surface area contributed by atoms with Gasteiger partial charge in [0.25, 0.3) is 0 Å². The van der Waals surface area contributed by atoms with Gasteiger partial charge in [0.1, 0.15) is 22.3 Å². The highest BCUT2D eigenvalue weighted by molar-refractivity contribution is 6.29. The molecule has 2 heterocycles. The van der Waals surface area contributed by atoms with E-state index in [0.29, 0.717) is 0 Å². The lowest BCUT2D eigenvalue weighted by molar-refractivity contribution is 0.669.